The molecule has 1 saturated heterocycles. The molecule has 1 amide bonds. The number of hydrogen-bond donors (Lipinski definition) is 0. The Morgan fingerprint density at radius 1 is 1.06 bits per heavy atom. The van der Waals surface area contributed by atoms with Gasteiger partial charge < -0.3 is 9.30 Å². The second-order valence-electron chi connectivity index (χ2n) is 9.38. The Morgan fingerprint density at radius 3 is 2.55 bits per heavy atom. The van der Waals surface area contributed by atoms with E-state index in [0.29, 0.717) is 18.7 Å². The van der Waals surface area contributed by atoms with Crippen molar-refractivity contribution in [1.29, 1.82) is 0 Å². The number of fused-ring (bicyclic) bond motifs is 2. The lowest BCUT2D eigenvalue weighted by Gasteiger charge is -2.34. The lowest BCUT2D eigenvalue weighted by molar-refractivity contribution is 0.0628. The summed E-state index contributed by atoms with van der Waals surface area (Å²) in [6.45, 7) is 14.2. The average molecular weight is 446 g/mol. The number of aryl methyl sites for hydroxylation is 3. The highest BCUT2D eigenvalue weighted by atomic mass is 16.2. The van der Waals surface area contributed by atoms with E-state index in [1.807, 2.05) is 22.6 Å². The zero-order valence-corrected chi connectivity index (χ0v) is 20.0. The van der Waals surface area contributed by atoms with Crippen molar-refractivity contribution in [3.63, 3.8) is 0 Å². The highest BCUT2D eigenvalue weighted by Gasteiger charge is 2.26. The predicted octanol–water partition coefficient (Wildman–Crippen LogP) is 3.54. The monoisotopic (exact) mass is 445 g/mol. The molecule has 8 nitrogen and oxygen atoms in total. The second kappa shape index (κ2) is 8.26. The third kappa shape index (κ3) is 3.88. The summed E-state index contributed by atoms with van der Waals surface area (Å²) in [7, 11) is 0. The third-order valence-corrected chi connectivity index (χ3v) is 6.53. The van der Waals surface area contributed by atoms with E-state index >= 15 is 0 Å². The van der Waals surface area contributed by atoms with Crippen LogP contribution in [0, 0.1) is 20.8 Å². The molecule has 1 aliphatic heterocycles. The van der Waals surface area contributed by atoms with Crippen LogP contribution in [0.3, 0.4) is 0 Å². The summed E-state index contributed by atoms with van der Waals surface area (Å²) in [5, 5.41) is 5.32. The van der Waals surface area contributed by atoms with E-state index in [1.165, 1.54) is 11.3 Å². The summed E-state index contributed by atoms with van der Waals surface area (Å²) < 4.78 is 4.07. The standard InChI is InChI=1S/C25H31N7O/c1-16(2)32-24-21(14-26-32)20(13-18(4)27-24)25(33)30-10-8-29(9-11-30)15-22-19(5)28-23-12-17(3)6-7-31(22)23/h6-7,12-14,16H,8-11,15H2,1-5H3. The largest absolute Gasteiger partial charge is 0.336 e. The third-order valence-electron chi connectivity index (χ3n) is 6.53. The first-order chi connectivity index (χ1) is 15.8. The van der Waals surface area contributed by atoms with Crippen molar-refractivity contribution in [2.75, 3.05) is 26.2 Å². The molecule has 0 radical (unpaired) electrons. The van der Waals surface area contributed by atoms with Crippen molar-refractivity contribution in [3.05, 3.63) is 58.8 Å². The Morgan fingerprint density at radius 2 is 1.82 bits per heavy atom. The van der Waals surface area contributed by atoms with Crippen LogP contribution in [0.5, 0.6) is 0 Å². The molecule has 1 aliphatic rings. The van der Waals surface area contributed by atoms with Crippen LogP contribution in [-0.4, -0.2) is 66.0 Å². The first-order valence-electron chi connectivity index (χ1n) is 11.6. The number of carbonyl (C=O) groups is 1. The SMILES string of the molecule is Cc1ccn2c(CN3CCN(C(=O)c4cc(C)nc5c4cnn5C(C)C)CC3)c(C)nc2c1. The maximum atomic E-state index is 13.5. The van der Waals surface area contributed by atoms with Crippen LogP contribution < -0.4 is 0 Å². The Kier molecular flexibility index (Phi) is 5.40. The summed E-state index contributed by atoms with van der Waals surface area (Å²) in [4.78, 5) is 27.2. The van der Waals surface area contributed by atoms with Gasteiger partial charge in [0.1, 0.15) is 5.65 Å². The van der Waals surface area contributed by atoms with Crippen molar-refractivity contribution >= 4 is 22.6 Å². The first-order valence-corrected chi connectivity index (χ1v) is 11.6. The second-order valence-corrected chi connectivity index (χ2v) is 9.38. The molecule has 0 unspecified atom stereocenters. The van der Waals surface area contributed by atoms with Gasteiger partial charge in [0, 0.05) is 50.7 Å². The van der Waals surface area contributed by atoms with E-state index in [4.69, 9.17) is 4.98 Å². The number of nitrogens with zero attached hydrogens (tertiary/aromatic N) is 7. The molecule has 0 aliphatic carbocycles. The fraction of sp³-hybridized carbons (Fsp3) is 0.440. The van der Waals surface area contributed by atoms with Crippen LogP contribution in [0.4, 0.5) is 0 Å². The minimum absolute atomic E-state index is 0.0647. The summed E-state index contributed by atoms with van der Waals surface area (Å²) in [5.41, 5.74) is 6.82. The average Bonchev–Trinajstić information content (AvgIpc) is 3.34. The molecule has 172 valence electrons. The zero-order chi connectivity index (χ0) is 23.3. The van der Waals surface area contributed by atoms with Crippen molar-refractivity contribution in [1.82, 2.24) is 33.9 Å². The van der Waals surface area contributed by atoms with Crippen LogP contribution in [0.15, 0.2) is 30.6 Å². The fourth-order valence-electron chi connectivity index (χ4n) is 4.69. The summed E-state index contributed by atoms with van der Waals surface area (Å²) in [6, 6.07) is 6.32. The predicted molar refractivity (Wildman–Crippen MR) is 128 cm³/mol. The van der Waals surface area contributed by atoms with Crippen LogP contribution in [0.1, 0.15) is 52.9 Å². The lowest BCUT2D eigenvalue weighted by atomic mass is 10.1. The van der Waals surface area contributed by atoms with Gasteiger partial charge >= 0.3 is 0 Å². The van der Waals surface area contributed by atoms with Crippen LogP contribution in [0.2, 0.25) is 0 Å². The van der Waals surface area contributed by atoms with Gasteiger partial charge in [0.2, 0.25) is 0 Å². The van der Waals surface area contributed by atoms with E-state index < -0.39 is 0 Å². The minimum Gasteiger partial charge on any atom is -0.336 e. The van der Waals surface area contributed by atoms with Crippen LogP contribution in [-0.2, 0) is 6.54 Å². The van der Waals surface area contributed by atoms with E-state index in [9.17, 15) is 4.79 Å². The molecule has 0 N–H and O–H groups in total. The molecule has 0 saturated carbocycles. The molecule has 0 atom stereocenters. The number of imidazole rings is 1. The Labute approximate surface area is 193 Å². The number of piperazine rings is 1. The minimum atomic E-state index is 0.0647. The molecule has 1 fully saturated rings. The number of hydrogen-bond acceptors (Lipinski definition) is 5. The van der Waals surface area contributed by atoms with Crippen molar-refractivity contribution in [2.45, 2.75) is 47.2 Å². The van der Waals surface area contributed by atoms with Gasteiger partial charge in [-0.1, -0.05) is 0 Å². The zero-order valence-electron chi connectivity index (χ0n) is 20.0. The Balaban J connectivity index is 1.32. The molecule has 33 heavy (non-hydrogen) atoms. The Bertz CT molecular complexity index is 1340. The van der Waals surface area contributed by atoms with Gasteiger partial charge in [-0.05, 0) is 58.4 Å². The van der Waals surface area contributed by atoms with Crippen molar-refractivity contribution in [2.24, 2.45) is 0 Å². The van der Waals surface area contributed by atoms with Crippen molar-refractivity contribution < 1.29 is 4.79 Å². The first kappa shape index (κ1) is 21.6. The number of carbonyl (C=O) groups excluding carboxylic acids is 1. The van der Waals surface area contributed by atoms with Gasteiger partial charge in [-0.15, -0.1) is 0 Å². The number of pyridine rings is 2. The molecule has 5 heterocycles. The summed E-state index contributed by atoms with van der Waals surface area (Å²) in [6.07, 6.45) is 3.88. The highest BCUT2D eigenvalue weighted by molar-refractivity contribution is 6.05. The normalized spacial score (nSPS) is 15.3. The van der Waals surface area contributed by atoms with E-state index in [2.05, 4.69) is 65.4 Å². The van der Waals surface area contributed by atoms with E-state index in [0.717, 1.165) is 47.7 Å². The maximum absolute atomic E-state index is 13.5. The van der Waals surface area contributed by atoms with Gasteiger partial charge in [0.15, 0.2) is 5.65 Å². The van der Waals surface area contributed by atoms with Gasteiger partial charge in [-0.25, -0.2) is 14.6 Å². The molecule has 0 aromatic carbocycles. The van der Waals surface area contributed by atoms with Crippen LogP contribution >= 0.6 is 0 Å². The molecular weight excluding hydrogens is 414 g/mol. The quantitative estimate of drug-likeness (QED) is 0.480. The van der Waals surface area contributed by atoms with Gasteiger partial charge in [0.25, 0.3) is 5.91 Å². The van der Waals surface area contributed by atoms with Crippen LogP contribution in [0.25, 0.3) is 16.7 Å². The summed E-state index contributed by atoms with van der Waals surface area (Å²) >= 11 is 0. The number of amides is 1. The topological polar surface area (TPSA) is 71.6 Å². The maximum Gasteiger partial charge on any atom is 0.254 e. The molecular formula is C25H31N7O. The molecule has 5 rings (SSSR count). The number of aromatic nitrogens is 5. The molecule has 8 heteroatoms. The van der Waals surface area contributed by atoms with E-state index in [-0.39, 0.29) is 11.9 Å². The lowest BCUT2D eigenvalue weighted by Crippen LogP contribution is -2.48. The highest BCUT2D eigenvalue weighted by Crippen LogP contribution is 2.23. The van der Waals surface area contributed by atoms with Gasteiger partial charge in [-0.2, -0.15) is 5.10 Å². The Hall–Kier alpha value is -3.26. The molecule has 0 spiro atoms. The molecule has 0 bridgehead atoms. The number of rotatable bonds is 4. The molecule has 4 aromatic rings. The smallest absolute Gasteiger partial charge is 0.254 e. The van der Waals surface area contributed by atoms with Crippen molar-refractivity contribution in [3.8, 4) is 0 Å². The van der Waals surface area contributed by atoms with Gasteiger partial charge in [0.05, 0.1) is 28.5 Å². The van der Waals surface area contributed by atoms with Gasteiger partial charge in [-0.3, -0.25) is 9.69 Å². The fourth-order valence-corrected chi connectivity index (χ4v) is 4.69. The molecule has 4 aromatic heterocycles. The summed E-state index contributed by atoms with van der Waals surface area (Å²) in [5.74, 6) is 0.0647. The van der Waals surface area contributed by atoms with E-state index in [1.54, 1.807) is 6.20 Å².